The number of H-pyrrole nitrogens is 1. The predicted octanol–water partition coefficient (Wildman–Crippen LogP) is 2.53. The number of hydrogen-bond donors (Lipinski definition) is 1. The van der Waals surface area contributed by atoms with Crippen molar-refractivity contribution in [3.8, 4) is 17.3 Å². The van der Waals surface area contributed by atoms with Crippen LogP contribution in [0, 0.1) is 16.0 Å². The molecule has 1 aromatic heterocycles. The first-order valence-electron chi connectivity index (χ1n) is 6.02. The summed E-state index contributed by atoms with van der Waals surface area (Å²) in [5.41, 5.74) is 1.93. The van der Waals surface area contributed by atoms with Crippen LogP contribution in [0.2, 0.25) is 0 Å². The van der Waals surface area contributed by atoms with E-state index in [2.05, 4.69) is 4.98 Å². The monoisotopic (exact) mass is 319 g/mol. The summed E-state index contributed by atoms with van der Waals surface area (Å²) >= 11 is 5.08. The average Bonchev–Trinajstić information content (AvgIpc) is 2.47. The summed E-state index contributed by atoms with van der Waals surface area (Å²) in [6, 6.07) is 11.9. The van der Waals surface area contributed by atoms with Crippen LogP contribution in [0.1, 0.15) is 5.56 Å². The van der Waals surface area contributed by atoms with Gasteiger partial charge < -0.3 is 4.98 Å². The van der Waals surface area contributed by atoms with Crippen LogP contribution in [0.3, 0.4) is 0 Å². The van der Waals surface area contributed by atoms with Crippen LogP contribution >= 0.6 is 12.2 Å². The molecule has 0 bridgehead atoms. The zero-order valence-corrected chi connectivity index (χ0v) is 13.1. The number of nitrogens with zero attached hydrogens (tertiary/aromatic N) is 2. The molecule has 0 aliphatic heterocycles. The third-order valence-corrected chi connectivity index (χ3v) is 5.13. The highest BCUT2D eigenvalue weighted by Gasteiger charge is 2.16. The molecule has 1 aromatic carbocycles. The molecule has 0 saturated carbocycles. The van der Waals surface area contributed by atoms with Crippen molar-refractivity contribution in [1.82, 2.24) is 9.29 Å². The largest absolute Gasteiger partial charge is 0.345 e. The fourth-order valence-corrected chi connectivity index (χ4v) is 2.87. The molecule has 0 atom stereocenters. The Morgan fingerprint density at radius 3 is 2.24 bits per heavy atom. The van der Waals surface area contributed by atoms with Gasteiger partial charge in [-0.05, 0) is 29.8 Å². The third kappa shape index (κ3) is 3.03. The minimum Gasteiger partial charge on any atom is -0.345 e. The molecule has 0 unspecified atom stereocenters. The first kappa shape index (κ1) is 15.4. The third-order valence-electron chi connectivity index (χ3n) is 2.97. The van der Waals surface area contributed by atoms with Gasteiger partial charge in [-0.25, -0.2) is 12.7 Å². The highest BCUT2D eigenvalue weighted by Crippen LogP contribution is 2.21. The Balaban J connectivity index is 2.43. The van der Waals surface area contributed by atoms with Crippen molar-refractivity contribution in [2.24, 2.45) is 0 Å². The highest BCUT2D eigenvalue weighted by molar-refractivity contribution is 7.89. The fourth-order valence-electron chi connectivity index (χ4n) is 1.75. The number of rotatable bonds is 3. The normalized spacial score (nSPS) is 11.3. The predicted molar refractivity (Wildman–Crippen MR) is 82.7 cm³/mol. The molecule has 108 valence electrons. The molecular weight excluding hydrogens is 306 g/mol. The molecule has 7 heteroatoms. The SMILES string of the molecule is CN(C)S(=O)(=O)c1ccc(-c2ccc(C#N)c(=S)[nH]2)cc1. The van der Waals surface area contributed by atoms with E-state index in [1.807, 2.05) is 6.07 Å². The number of sulfonamides is 1. The zero-order valence-electron chi connectivity index (χ0n) is 11.5. The van der Waals surface area contributed by atoms with E-state index in [9.17, 15) is 8.42 Å². The molecular formula is C14H13N3O2S2. The Labute approximate surface area is 128 Å². The van der Waals surface area contributed by atoms with Gasteiger partial charge in [0.25, 0.3) is 0 Å². The molecule has 21 heavy (non-hydrogen) atoms. The Morgan fingerprint density at radius 2 is 1.76 bits per heavy atom. The molecule has 1 N–H and O–H groups in total. The van der Waals surface area contributed by atoms with Crippen molar-refractivity contribution in [1.29, 1.82) is 5.26 Å². The summed E-state index contributed by atoms with van der Waals surface area (Å²) in [6.07, 6.45) is 0. The lowest BCUT2D eigenvalue weighted by molar-refractivity contribution is 0.521. The lowest BCUT2D eigenvalue weighted by Gasteiger charge is -2.11. The van der Waals surface area contributed by atoms with Crippen LogP contribution in [-0.4, -0.2) is 31.8 Å². The number of benzene rings is 1. The van der Waals surface area contributed by atoms with Gasteiger partial charge in [-0.2, -0.15) is 5.26 Å². The summed E-state index contributed by atoms with van der Waals surface area (Å²) in [5.74, 6) is 0. The summed E-state index contributed by atoms with van der Waals surface area (Å²) in [5, 5.41) is 8.85. The molecule has 5 nitrogen and oxygen atoms in total. The Morgan fingerprint density at radius 1 is 1.14 bits per heavy atom. The second-order valence-electron chi connectivity index (χ2n) is 4.54. The molecule has 0 spiro atoms. The summed E-state index contributed by atoms with van der Waals surface area (Å²) in [6.45, 7) is 0. The Kier molecular flexibility index (Phi) is 4.23. The molecule has 0 fully saturated rings. The van der Waals surface area contributed by atoms with Crippen LogP contribution in [0.5, 0.6) is 0 Å². The molecule has 1 heterocycles. The topological polar surface area (TPSA) is 77.0 Å². The maximum atomic E-state index is 12.0. The maximum absolute atomic E-state index is 12.0. The second kappa shape index (κ2) is 5.77. The van der Waals surface area contributed by atoms with Gasteiger partial charge >= 0.3 is 0 Å². The average molecular weight is 319 g/mol. The van der Waals surface area contributed by atoms with Gasteiger partial charge in [0.05, 0.1) is 10.5 Å². The molecule has 0 aliphatic carbocycles. The first-order valence-corrected chi connectivity index (χ1v) is 7.87. The molecule has 2 aromatic rings. The molecule has 0 saturated heterocycles. The van der Waals surface area contributed by atoms with E-state index >= 15 is 0 Å². The molecule has 0 aliphatic rings. The van der Waals surface area contributed by atoms with Crippen molar-refractivity contribution >= 4 is 22.2 Å². The Bertz CT molecular complexity index is 860. The summed E-state index contributed by atoms with van der Waals surface area (Å²) in [7, 11) is -0.461. The van der Waals surface area contributed by atoms with E-state index in [0.717, 1.165) is 15.6 Å². The molecule has 2 rings (SSSR count). The first-order chi connectivity index (χ1) is 9.86. The van der Waals surface area contributed by atoms with Gasteiger partial charge in [0.1, 0.15) is 10.7 Å². The van der Waals surface area contributed by atoms with E-state index in [0.29, 0.717) is 10.2 Å². The van der Waals surface area contributed by atoms with Gasteiger partial charge in [-0.1, -0.05) is 24.4 Å². The van der Waals surface area contributed by atoms with Crippen molar-refractivity contribution < 1.29 is 8.42 Å². The van der Waals surface area contributed by atoms with E-state index < -0.39 is 10.0 Å². The van der Waals surface area contributed by atoms with Crippen LogP contribution < -0.4 is 0 Å². The number of nitriles is 1. The zero-order chi connectivity index (χ0) is 15.6. The van der Waals surface area contributed by atoms with Gasteiger partial charge in [-0.3, -0.25) is 0 Å². The van der Waals surface area contributed by atoms with Gasteiger partial charge in [0.15, 0.2) is 0 Å². The van der Waals surface area contributed by atoms with Crippen molar-refractivity contribution in [2.75, 3.05) is 14.1 Å². The van der Waals surface area contributed by atoms with Gasteiger partial charge in [0, 0.05) is 19.8 Å². The van der Waals surface area contributed by atoms with E-state index in [1.165, 1.54) is 14.1 Å². The van der Waals surface area contributed by atoms with E-state index in [-0.39, 0.29) is 4.90 Å². The summed E-state index contributed by atoms with van der Waals surface area (Å²) < 4.78 is 25.5. The number of hydrogen-bond acceptors (Lipinski definition) is 4. The molecule has 0 amide bonds. The van der Waals surface area contributed by atoms with Crippen LogP contribution in [0.15, 0.2) is 41.3 Å². The lowest BCUT2D eigenvalue weighted by atomic mass is 10.1. The van der Waals surface area contributed by atoms with Gasteiger partial charge in [0.2, 0.25) is 10.0 Å². The smallest absolute Gasteiger partial charge is 0.242 e. The number of nitrogens with one attached hydrogen (secondary N) is 1. The van der Waals surface area contributed by atoms with Crippen molar-refractivity contribution in [2.45, 2.75) is 4.90 Å². The molecule has 0 radical (unpaired) electrons. The van der Waals surface area contributed by atoms with E-state index in [1.54, 1.807) is 36.4 Å². The van der Waals surface area contributed by atoms with E-state index in [4.69, 9.17) is 17.5 Å². The van der Waals surface area contributed by atoms with Crippen LogP contribution in [-0.2, 0) is 10.0 Å². The minimum atomic E-state index is -3.44. The van der Waals surface area contributed by atoms with Crippen LogP contribution in [0.4, 0.5) is 0 Å². The number of aromatic amines is 1. The maximum Gasteiger partial charge on any atom is 0.242 e. The minimum absolute atomic E-state index is 0.225. The van der Waals surface area contributed by atoms with Crippen molar-refractivity contribution in [3.63, 3.8) is 0 Å². The number of pyridine rings is 1. The van der Waals surface area contributed by atoms with Crippen LogP contribution in [0.25, 0.3) is 11.3 Å². The lowest BCUT2D eigenvalue weighted by Crippen LogP contribution is -2.22. The second-order valence-corrected chi connectivity index (χ2v) is 7.10. The highest BCUT2D eigenvalue weighted by atomic mass is 32.2. The number of aromatic nitrogens is 1. The fraction of sp³-hybridized carbons (Fsp3) is 0.143. The Hall–Kier alpha value is -2.01. The van der Waals surface area contributed by atoms with Gasteiger partial charge in [-0.15, -0.1) is 0 Å². The quantitative estimate of drug-likeness (QED) is 0.882. The summed E-state index contributed by atoms with van der Waals surface area (Å²) in [4.78, 5) is 3.18. The standard InChI is InChI=1S/C14H13N3O2S2/c1-17(2)21(18,19)12-6-3-10(4-7-12)13-8-5-11(9-15)14(20)16-13/h3-8H,1-2H3,(H,16,20). The van der Waals surface area contributed by atoms with Crippen molar-refractivity contribution in [3.05, 3.63) is 46.6 Å².